The van der Waals surface area contributed by atoms with E-state index >= 15 is 0 Å². The van der Waals surface area contributed by atoms with Gasteiger partial charge in [-0.3, -0.25) is 4.57 Å². The summed E-state index contributed by atoms with van der Waals surface area (Å²) in [5.41, 5.74) is 2.77. The van der Waals surface area contributed by atoms with Gasteiger partial charge in [-0.2, -0.15) is 0 Å². The second-order valence-corrected chi connectivity index (χ2v) is 7.20. The number of nitrogens with zero attached hydrogens (tertiary/aromatic N) is 2. The van der Waals surface area contributed by atoms with Gasteiger partial charge in [0.1, 0.15) is 18.3 Å². The van der Waals surface area contributed by atoms with Gasteiger partial charge in [-0.15, -0.1) is 0 Å². The van der Waals surface area contributed by atoms with Crippen LogP contribution in [-0.4, -0.2) is 49.8 Å². The molecule has 1 aliphatic heterocycles. The van der Waals surface area contributed by atoms with Crippen LogP contribution in [0.3, 0.4) is 0 Å². The molecular weight excluding hydrogens is 352 g/mol. The molecule has 4 atom stereocenters. The fourth-order valence-corrected chi connectivity index (χ4v) is 4.18. The zero-order valence-electron chi connectivity index (χ0n) is 14.0. The lowest BCUT2D eigenvalue weighted by atomic mass is 10.1. The normalized spacial score (nSPS) is 25.8. The third-order valence-electron chi connectivity index (χ3n) is 4.55. The Labute approximate surface area is 155 Å². The van der Waals surface area contributed by atoms with Crippen molar-refractivity contribution in [3.63, 3.8) is 0 Å². The van der Waals surface area contributed by atoms with Crippen LogP contribution < -0.4 is 0 Å². The third-order valence-corrected chi connectivity index (χ3v) is 5.57. The van der Waals surface area contributed by atoms with E-state index in [0.29, 0.717) is 5.16 Å². The van der Waals surface area contributed by atoms with E-state index in [2.05, 4.69) is 4.98 Å². The zero-order chi connectivity index (χ0) is 18.1. The fourth-order valence-electron chi connectivity index (χ4n) is 3.19. The first-order valence-corrected chi connectivity index (χ1v) is 9.43. The number of para-hydroxylation sites is 2. The van der Waals surface area contributed by atoms with Gasteiger partial charge >= 0.3 is 0 Å². The van der Waals surface area contributed by atoms with Crippen LogP contribution in [0.4, 0.5) is 0 Å². The van der Waals surface area contributed by atoms with E-state index in [1.54, 1.807) is 11.8 Å². The van der Waals surface area contributed by atoms with Gasteiger partial charge in [0, 0.05) is 5.75 Å². The molecule has 0 radical (unpaired) electrons. The first kappa shape index (κ1) is 17.5. The van der Waals surface area contributed by atoms with Crippen LogP contribution in [0.15, 0.2) is 59.8 Å². The molecule has 7 heteroatoms. The Kier molecular flexibility index (Phi) is 4.97. The number of imidazole rings is 1. The highest BCUT2D eigenvalue weighted by Gasteiger charge is 2.44. The van der Waals surface area contributed by atoms with Gasteiger partial charge < -0.3 is 20.1 Å². The van der Waals surface area contributed by atoms with Crippen molar-refractivity contribution in [2.24, 2.45) is 0 Å². The summed E-state index contributed by atoms with van der Waals surface area (Å²) in [7, 11) is 0. The molecular formula is C19H20N2O4S. The molecule has 3 N–H and O–H groups in total. The van der Waals surface area contributed by atoms with Gasteiger partial charge in [-0.05, 0) is 17.7 Å². The van der Waals surface area contributed by atoms with Crippen LogP contribution in [0.1, 0.15) is 11.8 Å². The second kappa shape index (κ2) is 7.38. The van der Waals surface area contributed by atoms with E-state index in [1.807, 2.05) is 59.2 Å². The molecule has 1 aromatic heterocycles. The maximum atomic E-state index is 10.5. The summed E-state index contributed by atoms with van der Waals surface area (Å²) < 4.78 is 7.55. The maximum Gasteiger partial charge on any atom is 0.171 e. The highest BCUT2D eigenvalue weighted by atomic mass is 32.2. The van der Waals surface area contributed by atoms with E-state index in [-0.39, 0.29) is 6.61 Å². The number of aliphatic hydroxyl groups is 3. The predicted octanol–water partition coefficient (Wildman–Crippen LogP) is 1.94. The number of hydrogen-bond acceptors (Lipinski definition) is 6. The first-order valence-electron chi connectivity index (χ1n) is 8.45. The Morgan fingerprint density at radius 3 is 2.46 bits per heavy atom. The summed E-state index contributed by atoms with van der Waals surface area (Å²) >= 11 is 1.54. The second-order valence-electron chi connectivity index (χ2n) is 6.26. The van der Waals surface area contributed by atoms with Crippen molar-refractivity contribution in [3.8, 4) is 0 Å². The number of hydrogen-bond donors (Lipinski definition) is 3. The largest absolute Gasteiger partial charge is 0.394 e. The lowest BCUT2D eigenvalue weighted by molar-refractivity contribution is -0.0546. The molecule has 0 spiro atoms. The van der Waals surface area contributed by atoms with Crippen LogP contribution in [0, 0.1) is 0 Å². The SMILES string of the molecule is OC[C@@H]1O[C@H](n2c(SCc3ccccc3)nc3ccccc32)[C@@H](O)[C@@H]1O. The lowest BCUT2D eigenvalue weighted by Crippen LogP contribution is -2.33. The van der Waals surface area contributed by atoms with Crippen molar-refractivity contribution < 1.29 is 20.1 Å². The molecule has 0 unspecified atom stereocenters. The number of rotatable bonds is 5. The van der Waals surface area contributed by atoms with Crippen LogP contribution in [0.5, 0.6) is 0 Å². The fraction of sp³-hybridized carbons (Fsp3) is 0.316. The van der Waals surface area contributed by atoms with Gasteiger partial charge in [0.25, 0.3) is 0 Å². The average molecular weight is 372 g/mol. The summed E-state index contributed by atoms with van der Waals surface area (Å²) in [4.78, 5) is 4.67. The number of aliphatic hydroxyl groups excluding tert-OH is 3. The Morgan fingerprint density at radius 1 is 1.00 bits per heavy atom. The van der Waals surface area contributed by atoms with Gasteiger partial charge in [-0.25, -0.2) is 4.98 Å². The quantitative estimate of drug-likeness (QED) is 0.594. The summed E-state index contributed by atoms with van der Waals surface area (Å²) in [6.45, 7) is -0.353. The summed E-state index contributed by atoms with van der Waals surface area (Å²) in [6, 6.07) is 17.7. The molecule has 2 heterocycles. The molecule has 136 valence electrons. The number of ether oxygens (including phenoxy) is 1. The van der Waals surface area contributed by atoms with Crippen LogP contribution in [0.25, 0.3) is 11.0 Å². The van der Waals surface area contributed by atoms with Crippen molar-refractivity contribution in [1.29, 1.82) is 0 Å². The minimum Gasteiger partial charge on any atom is -0.394 e. The van der Waals surface area contributed by atoms with E-state index in [0.717, 1.165) is 22.3 Å². The molecule has 1 fully saturated rings. The molecule has 4 rings (SSSR count). The van der Waals surface area contributed by atoms with Crippen molar-refractivity contribution >= 4 is 22.8 Å². The topological polar surface area (TPSA) is 87.7 Å². The lowest BCUT2D eigenvalue weighted by Gasteiger charge is -2.19. The van der Waals surface area contributed by atoms with Crippen LogP contribution in [-0.2, 0) is 10.5 Å². The molecule has 3 aromatic rings. The van der Waals surface area contributed by atoms with E-state index in [9.17, 15) is 15.3 Å². The molecule has 0 amide bonds. The molecule has 0 saturated carbocycles. The Morgan fingerprint density at radius 2 is 1.73 bits per heavy atom. The minimum atomic E-state index is -1.14. The minimum absolute atomic E-state index is 0.353. The number of benzene rings is 2. The molecule has 26 heavy (non-hydrogen) atoms. The Bertz CT molecular complexity index is 886. The third kappa shape index (κ3) is 3.13. The highest BCUT2D eigenvalue weighted by Crippen LogP contribution is 2.36. The summed E-state index contributed by atoms with van der Waals surface area (Å²) in [5, 5.41) is 30.7. The maximum absolute atomic E-state index is 10.5. The molecule has 0 bridgehead atoms. The number of aromatic nitrogens is 2. The molecule has 6 nitrogen and oxygen atoms in total. The standard InChI is InChI=1S/C19H20N2O4S/c22-10-15-16(23)17(24)18(25-15)21-14-9-5-4-8-13(14)20-19(21)26-11-12-6-2-1-3-7-12/h1-9,15-18,22-24H,10-11H2/t15-,16+,17-,18-/m0/s1. The van der Waals surface area contributed by atoms with Crippen molar-refractivity contribution in [2.75, 3.05) is 6.61 Å². The molecule has 2 aromatic carbocycles. The van der Waals surface area contributed by atoms with Crippen molar-refractivity contribution in [1.82, 2.24) is 9.55 Å². The molecule has 1 aliphatic rings. The van der Waals surface area contributed by atoms with Gasteiger partial charge in [0.05, 0.1) is 17.6 Å². The number of fused-ring (bicyclic) bond motifs is 1. The number of thioether (sulfide) groups is 1. The van der Waals surface area contributed by atoms with Crippen molar-refractivity contribution in [3.05, 3.63) is 60.2 Å². The molecule has 1 saturated heterocycles. The summed E-state index contributed by atoms with van der Waals surface area (Å²) in [6.07, 6.45) is -3.89. The smallest absolute Gasteiger partial charge is 0.171 e. The van der Waals surface area contributed by atoms with Crippen molar-refractivity contribution in [2.45, 2.75) is 35.4 Å². The first-order chi connectivity index (χ1) is 12.7. The van der Waals surface area contributed by atoms with E-state index < -0.39 is 24.5 Å². The Balaban J connectivity index is 1.70. The van der Waals surface area contributed by atoms with Gasteiger partial charge in [-0.1, -0.05) is 54.2 Å². The molecule has 0 aliphatic carbocycles. The van der Waals surface area contributed by atoms with Crippen LogP contribution >= 0.6 is 11.8 Å². The van der Waals surface area contributed by atoms with E-state index in [1.165, 1.54) is 0 Å². The Hall–Kier alpha value is -1.90. The highest BCUT2D eigenvalue weighted by molar-refractivity contribution is 7.98. The zero-order valence-corrected chi connectivity index (χ0v) is 14.8. The predicted molar refractivity (Wildman–Crippen MR) is 98.7 cm³/mol. The average Bonchev–Trinajstić information content (AvgIpc) is 3.18. The summed E-state index contributed by atoms with van der Waals surface area (Å²) in [5.74, 6) is 0.721. The monoisotopic (exact) mass is 372 g/mol. The van der Waals surface area contributed by atoms with Gasteiger partial charge in [0.2, 0.25) is 0 Å². The van der Waals surface area contributed by atoms with E-state index in [4.69, 9.17) is 4.74 Å². The van der Waals surface area contributed by atoms with Gasteiger partial charge in [0.15, 0.2) is 11.4 Å². The van der Waals surface area contributed by atoms with Crippen LogP contribution in [0.2, 0.25) is 0 Å².